The molecule has 0 aliphatic rings. The summed E-state index contributed by atoms with van der Waals surface area (Å²) >= 11 is 0. The van der Waals surface area contributed by atoms with E-state index in [2.05, 4.69) is 22.5 Å². The van der Waals surface area contributed by atoms with Crippen LogP contribution < -0.4 is 10.6 Å². The van der Waals surface area contributed by atoms with E-state index >= 15 is 0 Å². The van der Waals surface area contributed by atoms with Gasteiger partial charge in [-0.15, -0.1) is 0 Å². The number of hydrogen-bond acceptors (Lipinski definition) is 3. The third kappa shape index (κ3) is 4.28. The molecule has 0 aliphatic heterocycles. The number of rotatable bonds is 5. The van der Waals surface area contributed by atoms with Gasteiger partial charge in [-0.2, -0.15) is 0 Å². The van der Waals surface area contributed by atoms with Crippen molar-refractivity contribution < 1.29 is 13.6 Å². The fourth-order valence-electron chi connectivity index (χ4n) is 2.76. The molecule has 0 saturated carbocycles. The normalized spacial score (nSPS) is 10.5. The molecule has 1 amide bonds. The van der Waals surface area contributed by atoms with Crippen molar-refractivity contribution in [2.75, 3.05) is 10.6 Å². The topological polar surface area (TPSA) is 54.0 Å². The lowest BCUT2D eigenvalue weighted by Gasteiger charge is -2.14. The lowest BCUT2D eigenvalue weighted by atomic mass is 10.1. The Balaban J connectivity index is 1.81. The highest BCUT2D eigenvalue weighted by Crippen LogP contribution is 2.25. The van der Waals surface area contributed by atoms with Crippen molar-refractivity contribution >= 4 is 23.0 Å². The first kappa shape index (κ1) is 18.5. The third-order valence-electron chi connectivity index (χ3n) is 4.19. The number of halogens is 2. The molecule has 1 aromatic heterocycles. The fraction of sp³-hybridized carbons (Fsp3) is 0.143. The number of pyridine rings is 1. The fourth-order valence-corrected chi connectivity index (χ4v) is 2.76. The van der Waals surface area contributed by atoms with Gasteiger partial charge in [-0.25, -0.2) is 8.78 Å². The second-order valence-corrected chi connectivity index (χ2v) is 6.13. The van der Waals surface area contributed by atoms with Crippen LogP contribution in [0.15, 0.2) is 54.9 Å². The van der Waals surface area contributed by atoms with Gasteiger partial charge in [0.15, 0.2) is 11.6 Å². The molecule has 0 fully saturated rings. The van der Waals surface area contributed by atoms with Gasteiger partial charge in [-0.1, -0.05) is 25.1 Å². The summed E-state index contributed by atoms with van der Waals surface area (Å²) in [6.45, 7) is 4.08. The third-order valence-corrected chi connectivity index (χ3v) is 4.19. The van der Waals surface area contributed by atoms with Crippen LogP contribution in [0.5, 0.6) is 0 Å². The first-order chi connectivity index (χ1) is 13.0. The molecule has 0 aliphatic carbocycles. The van der Waals surface area contributed by atoms with E-state index in [-0.39, 0.29) is 5.69 Å². The van der Waals surface area contributed by atoms with Gasteiger partial charge in [0.25, 0.3) is 5.91 Å². The number of hydrogen-bond donors (Lipinski definition) is 2. The maximum atomic E-state index is 13.3. The molecule has 0 radical (unpaired) electrons. The zero-order chi connectivity index (χ0) is 19.4. The van der Waals surface area contributed by atoms with Crippen LogP contribution in [0.2, 0.25) is 0 Å². The summed E-state index contributed by atoms with van der Waals surface area (Å²) in [4.78, 5) is 16.5. The van der Waals surface area contributed by atoms with Crippen LogP contribution in [-0.4, -0.2) is 10.9 Å². The highest BCUT2D eigenvalue weighted by atomic mass is 19.2. The minimum atomic E-state index is -1.02. The van der Waals surface area contributed by atoms with Crippen molar-refractivity contribution in [1.82, 2.24) is 4.98 Å². The predicted molar refractivity (Wildman–Crippen MR) is 102 cm³/mol. The number of benzene rings is 2. The number of nitrogens with one attached hydrogen (secondary N) is 2. The standard InChI is InChI=1S/C21H19F2N3O/c1-3-14-6-4-5-13(2)20(14)25-17-9-15(11-24-12-17)21(27)26-16-7-8-18(22)19(23)10-16/h4-12,25H,3H2,1-2H3,(H,26,27). The van der Waals surface area contributed by atoms with E-state index in [4.69, 9.17) is 0 Å². The number of anilines is 3. The molecule has 0 bridgehead atoms. The van der Waals surface area contributed by atoms with Gasteiger partial charge >= 0.3 is 0 Å². The number of nitrogens with zero attached hydrogens (tertiary/aromatic N) is 1. The van der Waals surface area contributed by atoms with Gasteiger partial charge in [0.2, 0.25) is 0 Å². The average molecular weight is 367 g/mol. The minimum absolute atomic E-state index is 0.171. The number of amides is 1. The molecule has 3 aromatic rings. The predicted octanol–water partition coefficient (Wildman–Crippen LogP) is 5.23. The number of carbonyl (C=O) groups excluding carboxylic acids is 1. The maximum Gasteiger partial charge on any atom is 0.257 e. The summed E-state index contributed by atoms with van der Waals surface area (Å²) < 4.78 is 26.3. The molecular weight excluding hydrogens is 348 g/mol. The van der Waals surface area contributed by atoms with Gasteiger partial charge < -0.3 is 10.6 Å². The van der Waals surface area contributed by atoms with Crippen molar-refractivity contribution in [3.63, 3.8) is 0 Å². The minimum Gasteiger partial charge on any atom is -0.354 e. The van der Waals surface area contributed by atoms with E-state index in [1.54, 1.807) is 12.3 Å². The molecule has 2 N–H and O–H groups in total. The molecule has 138 valence electrons. The van der Waals surface area contributed by atoms with E-state index in [0.29, 0.717) is 11.3 Å². The highest BCUT2D eigenvalue weighted by Gasteiger charge is 2.11. The van der Waals surface area contributed by atoms with Crippen molar-refractivity contribution in [3.8, 4) is 0 Å². The summed E-state index contributed by atoms with van der Waals surface area (Å²) in [5, 5.41) is 5.85. The van der Waals surface area contributed by atoms with E-state index in [9.17, 15) is 13.6 Å². The van der Waals surface area contributed by atoms with Crippen molar-refractivity contribution in [2.24, 2.45) is 0 Å². The smallest absolute Gasteiger partial charge is 0.257 e. The van der Waals surface area contributed by atoms with Gasteiger partial charge in [-0.3, -0.25) is 9.78 Å². The lowest BCUT2D eigenvalue weighted by molar-refractivity contribution is 0.102. The molecule has 0 unspecified atom stereocenters. The largest absolute Gasteiger partial charge is 0.354 e. The highest BCUT2D eigenvalue weighted by molar-refractivity contribution is 6.04. The van der Waals surface area contributed by atoms with Gasteiger partial charge in [0.05, 0.1) is 17.4 Å². The molecule has 6 heteroatoms. The van der Waals surface area contributed by atoms with E-state index in [0.717, 1.165) is 35.4 Å². The molecule has 0 atom stereocenters. The quantitative estimate of drug-likeness (QED) is 0.649. The first-order valence-electron chi connectivity index (χ1n) is 8.55. The summed E-state index contributed by atoms with van der Waals surface area (Å²) in [6.07, 6.45) is 3.91. The molecule has 1 heterocycles. The molecular formula is C21H19F2N3O. The van der Waals surface area contributed by atoms with Crippen LogP contribution in [0.25, 0.3) is 0 Å². The zero-order valence-electron chi connectivity index (χ0n) is 15.0. The van der Waals surface area contributed by atoms with Crippen LogP contribution in [0.1, 0.15) is 28.4 Å². The Labute approximate surface area is 156 Å². The summed E-state index contributed by atoms with van der Waals surface area (Å²) in [6, 6.07) is 10.9. The molecule has 0 spiro atoms. The van der Waals surface area contributed by atoms with Crippen LogP contribution in [0.4, 0.5) is 25.8 Å². The van der Waals surface area contributed by atoms with Crippen LogP contribution in [0.3, 0.4) is 0 Å². The van der Waals surface area contributed by atoms with Crippen LogP contribution >= 0.6 is 0 Å². The second-order valence-electron chi connectivity index (χ2n) is 6.13. The van der Waals surface area contributed by atoms with Gasteiger partial charge in [0.1, 0.15) is 0 Å². The van der Waals surface area contributed by atoms with E-state index in [1.807, 2.05) is 25.1 Å². The molecule has 3 rings (SSSR count). The van der Waals surface area contributed by atoms with Crippen LogP contribution in [-0.2, 0) is 6.42 Å². The Bertz CT molecular complexity index is 989. The maximum absolute atomic E-state index is 13.3. The summed E-state index contributed by atoms with van der Waals surface area (Å²) in [5.74, 6) is -2.45. The van der Waals surface area contributed by atoms with Crippen molar-refractivity contribution in [3.05, 3.63) is 83.2 Å². The second kappa shape index (κ2) is 7.95. The molecule has 4 nitrogen and oxygen atoms in total. The van der Waals surface area contributed by atoms with E-state index < -0.39 is 17.5 Å². The Hall–Kier alpha value is -3.28. The number of aromatic nitrogens is 1. The Morgan fingerprint density at radius 3 is 2.59 bits per heavy atom. The number of para-hydroxylation sites is 1. The van der Waals surface area contributed by atoms with Crippen molar-refractivity contribution in [2.45, 2.75) is 20.3 Å². The molecule has 2 aromatic carbocycles. The van der Waals surface area contributed by atoms with Crippen LogP contribution in [0, 0.1) is 18.6 Å². The van der Waals surface area contributed by atoms with Gasteiger partial charge in [0, 0.05) is 23.6 Å². The Morgan fingerprint density at radius 2 is 1.85 bits per heavy atom. The van der Waals surface area contributed by atoms with E-state index in [1.165, 1.54) is 12.3 Å². The monoisotopic (exact) mass is 367 g/mol. The van der Waals surface area contributed by atoms with Crippen molar-refractivity contribution in [1.29, 1.82) is 0 Å². The summed E-state index contributed by atoms with van der Waals surface area (Å²) in [7, 11) is 0. The Kier molecular flexibility index (Phi) is 5.45. The number of aryl methyl sites for hydroxylation is 2. The lowest BCUT2D eigenvalue weighted by Crippen LogP contribution is -2.13. The zero-order valence-corrected chi connectivity index (χ0v) is 15.0. The first-order valence-corrected chi connectivity index (χ1v) is 8.55. The molecule has 0 saturated heterocycles. The SMILES string of the molecule is CCc1cccc(C)c1Nc1cncc(C(=O)Nc2ccc(F)c(F)c2)c1. The number of carbonyl (C=O) groups is 1. The molecule has 27 heavy (non-hydrogen) atoms. The van der Waals surface area contributed by atoms with Gasteiger partial charge in [-0.05, 0) is 42.7 Å². The average Bonchev–Trinajstić information content (AvgIpc) is 2.66. The Morgan fingerprint density at radius 1 is 1.04 bits per heavy atom. The summed E-state index contributed by atoms with van der Waals surface area (Å²) in [5.41, 5.74) is 4.37.